The van der Waals surface area contributed by atoms with Gasteiger partial charge >= 0.3 is 0 Å². The van der Waals surface area contributed by atoms with Crippen LogP contribution in [0.2, 0.25) is 0 Å². The Balaban J connectivity index is 3.78. The predicted octanol–water partition coefficient (Wildman–Crippen LogP) is -0.543. The Morgan fingerprint density at radius 3 is 1.92 bits per heavy atom. The lowest BCUT2D eigenvalue weighted by molar-refractivity contribution is -0.0663. The molecule has 74 valence electrons. The van der Waals surface area contributed by atoms with E-state index in [1.54, 1.807) is 13.8 Å². The van der Waals surface area contributed by atoms with E-state index in [1.165, 1.54) is 0 Å². The van der Waals surface area contributed by atoms with Crippen molar-refractivity contribution < 1.29 is 20.4 Å². The van der Waals surface area contributed by atoms with Crippen LogP contribution < -0.4 is 0 Å². The van der Waals surface area contributed by atoms with Crippen molar-refractivity contribution in [3.05, 3.63) is 0 Å². The van der Waals surface area contributed by atoms with Gasteiger partial charge < -0.3 is 20.4 Å². The average Bonchev–Trinajstić information content (AvgIpc) is 2.00. The summed E-state index contributed by atoms with van der Waals surface area (Å²) >= 11 is 0. The lowest BCUT2D eigenvalue weighted by atomic mass is 9.85. The van der Waals surface area contributed by atoms with Crippen LogP contribution in [0.1, 0.15) is 26.7 Å². The third kappa shape index (κ3) is 4.01. The van der Waals surface area contributed by atoms with Crippen molar-refractivity contribution in [1.82, 2.24) is 0 Å². The van der Waals surface area contributed by atoms with Crippen molar-refractivity contribution >= 4 is 0 Å². The van der Waals surface area contributed by atoms with Gasteiger partial charge in [0, 0.05) is 11.8 Å². The average molecular weight is 178 g/mol. The van der Waals surface area contributed by atoms with Crippen LogP contribution in [-0.4, -0.2) is 39.4 Å². The lowest BCUT2D eigenvalue weighted by Crippen LogP contribution is -2.33. The Hall–Kier alpha value is -0.160. The molecule has 0 fully saturated rings. The maximum atomic E-state index is 9.44. The van der Waals surface area contributed by atoms with E-state index >= 15 is 0 Å². The highest BCUT2D eigenvalue weighted by molar-refractivity contribution is 4.76. The van der Waals surface area contributed by atoms with E-state index in [0.717, 1.165) is 0 Å². The summed E-state index contributed by atoms with van der Waals surface area (Å²) in [5.41, 5.74) is -0.575. The highest BCUT2D eigenvalue weighted by Crippen LogP contribution is 2.23. The van der Waals surface area contributed by atoms with Crippen molar-refractivity contribution in [2.45, 2.75) is 39.1 Å². The topological polar surface area (TPSA) is 80.9 Å². The highest BCUT2D eigenvalue weighted by atomic mass is 16.5. The molecule has 0 aromatic carbocycles. The van der Waals surface area contributed by atoms with Crippen LogP contribution in [0.4, 0.5) is 0 Å². The van der Waals surface area contributed by atoms with Gasteiger partial charge in [0.1, 0.15) is 0 Å². The van der Waals surface area contributed by atoms with Gasteiger partial charge in [-0.1, -0.05) is 13.8 Å². The number of hydrogen-bond donors (Lipinski definition) is 4. The molecule has 0 bridgehead atoms. The van der Waals surface area contributed by atoms with Gasteiger partial charge in [0.2, 0.25) is 0 Å². The predicted molar refractivity (Wildman–Crippen MR) is 44.3 cm³/mol. The van der Waals surface area contributed by atoms with E-state index in [0.29, 0.717) is 0 Å². The molecule has 0 aromatic heterocycles. The molecule has 1 atom stereocenters. The summed E-state index contributed by atoms with van der Waals surface area (Å²) in [6.45, 7) is 3.33. The van der Waals surface area contributed by atoms with Crippen molar-refractivity contribution in [2.75, 3.05) is 6.61 Å². The Kier molecular flexibility index (Phi) is 4.70. The fourth-order valence-electron chi connectivity index (χ4n) is 0.803. The molecule has 4 N–H and O–H groups in total. The van der Waals surface area contributed by atoms with Crippen molar-refractivity contribution in [2.24, 2.45) is 5.41 Å². The molecule has 0 radical (unpaired) electrons. The van der Waals surface area contributed by atoms with Crippen LogP contribution >= 0.6 is 0 Å². The maximum absolute atomic E-state index is 9.44. The van der Waals surface area contributed by atoms with Gasteiger partial charge in [0.25, 0.3) is 0 Å². The first-order chi connectivity index (χ1) is 5.40. The zero-order chi connectivity index (χ0) is 9.78. The fourth-order valence-corrected chi connectivity index (χ4v) is 0.803. The summed E-state index contributed by atoms with van der Waals surface area (Å²) in [4.78, 5) is 0. The summed E-state index contributed by atoms with van der Waals surface area (Å²) in [6.07, 6.45) is -1.67. The van der Waals surface area contributed by atoms with Crippen LogP contribution in [-0.2, 0) is 0 Å². The molecule has 0 aliphatic heterocycles. The number of hydrogen-bond acceptors (Lipinski definition) is 4. The molecular weight excluding hydrogens is 160 g/mol. The molecule has 4 heteroatoms. The molecule has 0 heterocycles. The quantitative estimate of drug-likeness (QED) is 0.426. The number of aliphatic hydroxyl groups excluding tert-OH is 3. The Bertz CT molecular complexity index is 122. The van der Waals surface area contributed by atoms with Crippen LogP contribution in [0.3, 0.4) is 0 Å². The van der Waals surface area contributed by atoms with E-state index in [2.05, 4.69) is 0 Å². The first-order valence-electron chi connectivity index (χ1n) is 4.05. The third-order valence-corrected chi connectivity index (χ3v) is 2.01. The molecule has 0 saturated carbocycles. The van der Waals surface area contributed by atoms with Gasteiger partial charge in [0.15, 0.2) is 6.29 Å². The van der Waals surface area contributed by atoms with Crippen molar-refractivity contribution in [3.8, 4) is 0 Å². The van der Waals surface area contributed by atoms with Gasteiger partial charge in [-0.2, -0.15) is 0 Å². The Morgan fingerprint density at radius 1 is 1.08 bits per heavy atom. The van der Waals surface area contributed by atoms with Gasteiger partial charge in [-0.15, -0.1) is 0 Å². The number of rotatable bonds is 5. The summed E-state index contributed by atoms with van der Waals surface area (Å²) in [5, 5.41) is 35.3. The van der Waals surface area contributed by atoms with Gasteiger partial charge in [-0.25, -0.2) is 0 Å². The Labute approximate surface area is 72.5 Å². The molecule has 0 rings (SSSR count). The normalized spacial score (nSPS) is 15.2. The van der Waals surface area contributed by atoms with Crippen LogP contribution in [0.25, 0.3) is 0 Å². The molecule has 12 heavy (non-hydrogen) atoms. The lowest BCUT2D eigenvalue weighted by Gasteiger charge is -2.28. The fraction of sp³-hybridized carbons (Fsp3) is 1.00. The van der Waals surface area contributed by atoms with Crippen LogP contribution in [0, 0.1) is 5.41 Å². The minimum atomic E-state index is -1.38. The largest absolute Gasteiger partial charge is 0.396 e. The molecule has 0 spiro atoms. The molecule has 0 amide bonds. The molecule has 0 saturated heterocycles. The smallest absolute Gasteiger partial charge is 0.151 e. The highest BCUT2D eigenvalue weighted by Gasteiger charge is 2.26. The van der Waals surface area contributed by atoms with E-state index in [1.807, 2.05) is 0 Å². The first kappa shape index (κ1) is 11.8. The zero-order valence-electron chi connectivity index (χ0n) is 7.56. The summed E-state index contributed by atoms with van der Waals surface area (Å²) in [7, 11) is 0. The first-order valence-corrected chi connectivity index (χ1v) is 4.05. The molecule has 1 unspecified atom stereocenters. The number of aliphatic hydroxyl groups is 4. The zero-order valence-corrected chi connectivity index (χ0v) is 7.56. The molecule has 0 aliphatic rings. The third-order valence-electron chi connectivity index (χ3n) is 2.01. The maximum Gasteiger partial charge on any atom is 0.151 e. The molecular formula is C8H18O4. The molecule has 0 aliphatic carbocycles. The van der Waals surface area contributed by atoms with E-state index in [-0.39, 0.29) is 19.4 Å². The van der Waals surface area contributed by atoms with E-state index < -0.39 is 17.8 Å². The van der Waals surface area contributed by atoms with E-state index in [4.69, 9.17) is 15.3 Å². The Morgan fingerprint density at radius 2 is 1.58 bits per heavy atom. The van der Waals surface area contributed by atoms with Crippen LogP contribution in [0.5, 0.6) is 0 Å². The van der Waals surface area contributed by atoms with Crippen molar-refractivity contribution in [1.29, 1.82) is 0 Å². The standard InChI is InChI=1S/C8H18O4/c1-8(2,5-9)6(10)3-4-7(11)12/h6-7,9-12H,3-5H2,1-2H3. The second kappa shape index (κ2) is 4.77. The van der Waals surface area contributed by atoms with Gasteiger partial charge in [0.05, 0.1) is 12.7 Å². The van der Waals surface area contributed by atoms with Crippen LogP contribution in [0.15, 0.2) is 0 Å². The second-order valence-corrected chi connectivity index (χ2v) is 3.72. The minimum Gasteiger partial charge on any atom is -0.396 e. The SMILES string of the molecule is CC(C)(CO)C(O)CCC(O)O. The van der Waals surface area contributed by atoms with Gasteiger partial charge in [-0.3, -0.25) is 0 Å². The summed E-state index contributed by atoms with van der Waals surface area (Å²) < 4.78 is 0. The summed E-state index contributed by atoms with van der Waals surface area (Å²) in [5.74, 6) is 0. The molecule has 0 aromatic rings. The van der Waals surface area contributed by atoms with Crippen molar-refractivity contribution in [3.63, 3.8) is 0 Å². The second-order valence-electron chi connectivity index (χ2n) is 3.72. The summed E-state index contributed by atoms with van der Waals surface area (Å²) in [6, 6.07) is 0. The monoisotopic (exact) mass is 178 g/mol. The minimum absolute atomic E-state index is 0.115. The van der Waals surface area contributed by atoms with Gasteiger partial charge in [-0.05, 0) is 6.42 Å². The molecule has 4 nitrogen and oxygen atoms in total. The van der Waals surface area contributed by atoms with E-state index in [9.17, 15) is 5.11 Å².